The van der Waals surface area contributed by atoms with E-state index in [-0.39, 0.29) is 22.8 Å². The van der Waals surface area contributed by atoms with E-state index in [4.69, 9.17) is 0 Å². The van der Waals surface area contributed by atoms with Crippen LogP contribution in [0.15, 0.2) is 29.1 Å². The molecule has 8 heteroatoms. The SMILES string of the molecule is Cn1c(C2(C)CCCS2)nc(C(=O)NCc2ccc(F)cc2)c(O)c1=O. The lowest BCUT2D eigenvalue weighted by Crippen LogP contribution is -2.34. The molecule has 0 saturated carbocycles. The van der Waals surface area contributed by atoms with Crippen molar-refractivity contribution >= 4 is 17.7 Å². The molecule has 0 spiro atoms. The summed E-state index contributed by atoms with van der Waals surface area (Å²) >= 11 is 1.69. The molecule has 1 fully saturated rings. The Hall–Kier alpha value is -2.35. The van der Waals surface area contributed by atoms with Crippen LogP contribution in [0.3, 0.4) is 0 Å². The van der Waals surface area contributed by atoms with Gasteiger partial charge in [0.1, 0.15) is 11.6 Å². The number of nitrogens with zero attached hydrogens (tertiary/aromatic N) is 2. The van der Waals surface area contributed by atoms with Crippen LogP contribution in [0.25, 0.3) is 0 Å². The molecule has 1 saturated heterocycles. The normalized spacial score (nSPS) is 19.5. The van der Waals surface area contributed by atoms with E-state index in [0.29, 0.717) is 11.4 Å². The minimum atomic E-state index is -0.667. The van der Waals surface area contributed by atoms with Gasteiger partial charge in [-0.15, -0.1) is 11.8 Å². The fourth-order valence-corrected chi connectivity index (χ4v) is 4.38. The second-order valence-electron chi connectivity index (χ2n) is 6.49. The summed E-state index contributed by atoms with van der Waals surface area (Å²) in [6.07, 6.45) is 1.85. The molecule has 0 radical (unpaired) electrons. The molecule has 1 amide bonds. The van der Waals surface area contributed by atoms with Crippen LogP contribution in [0, 0.1) is 5.82 Å². The van der Waals surface area contributed by atoms with Crippen molar-refractivity contribution in [1.82, 2.24) is 14.9 Å². The minimum Gasteiger partial charge on any atom is -0.501 e. The number of nitrogens with one attached hydrogen (secondary N) is 1. The lowest BCUT2D eigenvalue weighted by molar-refractivity contribution is 0.0941. The van der Waals surface area contributed by atoms with Gasteiger partial charge in [-0.1, -0.05) is 12.1 Å². The summed E-state index contributed by atoms with van der Waals surface area (Å²) in [5.41, 5.74) is -0.226. The second-order valence-corrected chi connectivity index (χ2v) is 8.09. The number of carbonyl (C=O) groups is 1. The molecule has 3 rings (SSSR count). The zero-order chi connectivity index (χ0) is 18.9. The molecular formula is C18H20FN3O3S. The summed E-state index contributed by atoms with van der Waals surface area (Å²) in [5, 5.41) is 12.7. The molecular weight excluding hydrogens is 357 g/mol. The van der Waals surface area contributed by atoms with Crippen molar-refractivity contribution < 1.29 is 14.3 Å². The first kappa shape index (κ1) is 18.4. The predicted octanol–water partition coefficient (Wildman–Crippen LogP) is 2.30. The molecule has 6 nitrogen and oxygen atoms in total. The number of hydrogen-bond acceptors (Lipinski definition) is 5. The van der Waals surface area contributed by atoms with Gasteiger partial charge in [0.15, 0.2) is 5.69 Å². The summed E-state index contributed by atoms with van der Waals surface area (Å²) in [4.78, 5) is 29.2. The van der Waals surface area contributed by atoms with E-state index in [1.165, 1.54) is 16.7 Å². The molecule has 2 aromatic rings. The van der Waals surface area contributed by atoms with Gasteiger partial charge in [0, 0.05) is 13.6 Å². The molecule has 1 unspecified atom stereocenters. The van der Waals surface area contributed by atoms with Crippen LogP contribution in [-0.2, 0) is 18.3 Å². The van der Waals surface area contributed by atoms with Gasteiger partial charge in [-0.25, -0.2) is 9.37 Å². The van der Waals surface area contributed by atoms with Crippen molar-refractivity contribution in [3.8, 4) is 5.75 Å². The van der Waals surface area contributed by atoms with Crippen molar-refractivity contribution in [3.05, 3.63) is 57.5 Å². The Labute approximate surface area is 154 Å². The largest absolute Gasteiger partial charge is 0.501 e. The molecule has 2 heterocycles. The zero-order valence-electron chi connectivity index (χ0n) is 14.6. The third kappa shape index (κ3) is 3.46. The van der Waals surface area contributed by atoms with Crippen molar-refractivity contribution in [2.24, 2.45) is 7.05 Å². The summed E-state index contributed by atoms with van der Waals surface area (Å²) in [6.45, 7) is 2.13. The van der Waals surface area contributed by atoms with Gasteiger partial charge in [-0.05, 0) is 43.2 Å². The van der Waals surface area contributed by atoms with Gasteiger partial charge in [0.2, 0.25) is 5.75 Å². The van der Waals surface area contributed by atoms with Crippen LogP contribution in [0.2, 0.25) is 0 Å². The Kier molecular flexibility index (Phi) is 5.04. The number of benzene rings is 1. The average Bonchev–Trinajstić information content (AvgIpc) is 3.06. The van der Waals surface area contributed by atoms with E-state index in [1.807, 2.05) is 6.92 Å². The minimum absolute atomic E-state index is 0.136. The highest BCUT2D eigenvalue weighted by Gasteiger charge is 2.37. The third-order valence-electron chi connectivity index (χ3n) is 4.54. The molecule has 0 bridgehead atoms. The standard InChI is InChI=1S/C18H20FN3O3S/c1-18(8-3-9-26-18)17-21-13(14(23)16(25)22(17)2)15(24)20-10-11-4-6-12(19)7-5-11/h4-7,23H,3,8-10H2,1-2H3,(H,20,24). The Morgan fingerprint density at radius 3 is 2.73 bits per heavy atom. The molecule has 1 aliphatic rings. The topological polar surface area (TPSA) is 84.2 Å². The van der Waals surface area contributed by atoms with Gasteiger partial charge in [-0.2, -0.15) is 0 Å². The molecule has 1 atom stereocenters. The summed E-state index contributed by atoms with van der Waals surface area (Å²) < 4.78 is 13.9. The highest BCUT2D eigenvalue weighted by atomic mass is 32.2. The molecule has 26 heavy (non-hydrogen) atoms. The summed E-state index contributed by atoms with van der Waals surface area (Å²) in [6, 6.07) is 5.70. The fourth-order valence-electron chi connectivity index (χ4n) is 3.05. The number of amides is 1. The van der Waals surface area contributed by atoms with Crippen LogP contribution in [0.1, 0.15) is 41.6 Å². The van der Waals surface area contributed by atoms with Crippen LogP contribution in [0.5, 0.6) is 5.75 Å². The number of thioether (sulfide) groups is 1. The van der Waals surface area contributed by atoms with Gasteiger partial charge in [0.05, 0.1) is 4.75 Å². The highest BCUT2D eigenvalue weighted by Crippen LogP contribution is 2.45. The first-order valence-corrected chi connectivity index (χ1v) is 9.27. The number of halogens is 1. The van der Waals surface area contributed by atoms with E-state index in [0.717, 1.165) is 18.6 Å². The highest BCUT2D eigenvalue weighted by molar-refractivity contribution is 8.00. The van der Waals surface area contributed by atoms with Crippen LogP contribution in [0.4, 0.5) is 4.39 Å². The van der Waals surface area contributed by atoms with Crippen LogP contribution in [-0.4, -0.2) is 26.3 Å². The number of aromatic nitrogens is 2. The van der Waals surface area contributed by atoms with E-state index in [9.17, 15) is 19.1 Å². The smallest absolute Gasteiger partial charge is 0.296 e. The van der Waals surface area contributed by atoms with Gasteiger partial charge < -0.3 is 10.4 Å². The van der Waals surface area contributed by atoms with Gasteiger partial charge in [0.25, 0.3) is 11.5 Å². The number of aromatic hydroxyl groups is 1. The predicted molar refractivity (Wildman–Crippen MR) is 97.8 cm³/mol. The summed E-state index contributed by atoms with van der Waals surface area (Å²) in [5.74, 6) is -0.233. The lowest BCUT2D eigenvalue weighted by atomic mass is 10.0. The molecule has 138 valence electrons. The van der Waals surface area contributed by atoms with E-state index in [2.05, 4.69) is 10.3 Å². The van der Waals surface area contributed by atoms with Crippen molar-refractivity contribution in [2.75, 3.05) is 5.75 Å². The van der Waals surface area contributed by atoms with Gasteiger partial charge >= 0.3 is 0 Å². The average molecular weight is 377 g/mol. The Balaban J connectivity index is 1.88. The second kappa shape index (κ2) is 7.11. The molecule has 2 N–H and O–H groups in total. The zero-order valence-corrected chi connectivity index (χ0v) is 15.4. The maximum Gasteiger partial charge on any atom is 0.296 e. The first-order chi connectivity index (χ1) is 12.3. The first-order valence-electron chi connectivity index (χ1n) is 8.29. The molecule has 1 aliphatic heterocycles. The maximum absolute atomic E-state index is 12.9. The number of rotatable bonds is 4. The molecule has 1 aromatic heterocycles. The number of carbonyl (C=O) groups excluding carboxylic acids is 1. The quantitative estimate of drug-likeness (QED) is 0.854. The Morgan fingerprint density at radius 1 is 1.42 bits per heavy atom. The summed E-state index contributed by atoms with van der Waals surface area (Å²) in [7, 11) is 1.55. The fraction of sp³-hybridized carbons (Fsp3) is 0.389. The number of hydrogen-bond donors (Lipinski definition) is 2. The Bertz CT molecular complexity index is 890. The maximum atomic E-state index is 12.9. The van der Waals surface area contributed by atoms with Crippen LogP contribution >= 0.6 is 11.8 Å². The van der Waals surface area contributed by atoms with Gasteiger partial charge in [-0.3, -0.25) is 14.2 Å². The molecule has 1 aromatic carbocycles. The van der Waals surface area contributed by atoms with Crippen molar-refractivity contribution in [1.29, 1.82) is 0 Å². The van der Waals surface area contributed by atoms with E-state index >= 15 is 0 Å². The lowest BCUT2D eigenvalue weighted by Gasteiger charge is -2.25. The van der Waals surface area contributed by atoms with Crippen molar-refractivity contribution in [2.45, 2.75) is 31.1 Å². The van der Waals surface area contributed by atoms with Crippen LogP contribution < -0.4 is 10.9 Å². The monoisotopic (exact) mass is 377 g/mol. The molecule has 0 aliphatic carbocycles. The third-order valence-corrected chi connectivity index (χ3v) is 6.06. The van der Waals surface area contributed by atoms with Crippen molar-refractivity contribution in [3.63, 3.8) is 0 Å². The van der Waals surface area contributed by atoms with E-state index in [1.54, 1.807) is 30.9 Å². The Morgan fingerprint density at radius 2 is 2.12 bits per heavy atom. The van der Waals surface area contributed by atoms with E-state index < -0.39 is 17.2 Å².